The fraction of sp³-hybridized carbons (Fsp3) is 0.143. The van der Waals surface area contributed by atoms with Crippen LogP contribution in [0.3, 0.4) is 0 Å². The zero-order valence-electron chi connectivity index (χ0n) is 26.4. The van der Waals surface area contributed by atoms with Crippen molar-refractivity contribution in [2.75, 3.05) is 4.90 Å². The Hall–Kier alpha value is -5.88. The van der Waals surface area contributed by atoms with E-state index in [0.29, 0.717) is 11.1 Å². The summed E-state index contributed by atoms with van der Waals surface area (Å²) in [4.78, 5) is 58.8. The van der Waals surface area contributed by atoms with E-state index in [2.05, 4.69) is 0 Å². The van der Waals surface area contributed by atoms with E-state index in [1.807, 2.05) is 123 Å². The SMILES string of the molecule is Cc1ccc(C2=C(c3ccc(C)cc3)[C@@]3(c4ccccc4)C(=O)[C@@]2(c2ccccc2)[C@@H]2C(=O)N(c4ccc(C(=O)O)cc4)C(=O)[C@@H]23)cc1. The van der Waals surface area contributed by atoms with Crippen LogP contribution in [0.25, 0.3) is 11.1 Å². The molecule has 48 heavy (non-hydrogen) atoms. The number of fused-ring (bicyclic) bond motifs is 5. The molecule has 0 spiro atoms. The summed E-state index contributed by atoms with van der Waals surface area (Å²) < 4.78 is 0. The second-order valence-corrected chi connectivity index (χ2v) is 13.0. The van der Waals surface area contributed by atoms with Crippen LogP contribution in [0, 0.1) is 25.7 Å². The molecule has 1 aliphatic heterocycles. The van der Waals surface area contributed by atoms with Crippen molar-refractivity contribution in [3.8, 4) is 0 Å². The molecule has 6 heteroatoms. The van der Waals surface area contributed by atoms with Gasteiger partial charge >= 0.3 is 5.97 Å². The van der Waals surface area contributed by atoms with E-state index in [4.69, 9.17) is 0 Å². The number of anilines is 1. The van der Waals surface area contributed by atoms with Gasteiger partial charge in [0.2, 0.25) is 11.8 Å². The predicted molar refractivity (Wildman–Crippen MR) is 183 cm³/mol. The van der Waals surface area contributed by atoms with Gasteiger partial charge in [0.05, 0.1) is 33.9 Å². The van der Waals surface area contributed by atoms with Crippen LogP contribution in [-0.2, 0) is 25.2 Å². The van der Waals surface area contributed by atoms with Crippen LogP contribution >= 0.6 is 0 Å². The summed E-state index contributed by atoms with van der Waals surface area (Å²) >= 11 is 0. The Bertz CT molecular complexity index is 2040. The second-order valence-electron chi connectivity index (χ2n) is 13.0. The van der Waals surface area contributed by atoms with E-state index >= 15 is 14.4 Å². The molecule has 234 valence electrons. The molecule has 2 amide bonds. The first kappa shape index (κ1) is 29.5. The molecular weight excluding hydrogens is 598 g/mol. The molecule has 1 saturated carbocycles. The van der Waals surface area contributed by atoms with Crippen LogP contribution in [0.15, 0.2) is 133 Å². The van der Waals surface area contributed by atoms with Crippen molar-refractivity contribution >= 4 is 40.4 Å². The minimum atomic E-state index is -1.50. The number of ketones is 1. The number of hydrogen-bond acceptors (Lipinski definition) is 4. The Morgan fingerprint density at radius 2 is 0.958 bits per heavy atom. The predicted octanol–water partition coefficient (Wildman–Crippen LogP) is 7.19. The van der Waals surface area contributed by atoms with E-state index in [9.17, 15) is 9.90 Å². The van der Waals surface area contributed by atoms with Crippen LogP contribution in [-0.4, -0.2) is 28.7 Å². The highest BCUT2D eigenvalue weighted by Gasteiger charge is 2.82. The van der Waals surface area contributed by atoms with Gasteiger partial charge in [-0.2, -0.15) is 0 Å². The molecule has 5 aromatic carbocycles. The molecule has 8 rings (SSSR count). The monoisotopic (exact) mass is 629 g/mol. The molecule has 1 saturated heterocycles. The maximum absolute atomic E-state index is 16.0. The lowest BCUT2D eigenvalue weighted by Crippen LogP contribution is -2.45. The smallest absolute Gasteiger partial charge is 0.335 e. The maximum Gasteiger partial charge on any atom is 0.335 e. The normalized spacial score (nSPS) is 24.4. The highest BCUT2D eigenvalue weighted by Crippen LogP contribution is 2.74. The molecule has 3 aliphatic rings. The van der Waals surface area contributed by atoms with Gasteiger partial charge in [-0.25, -0.2) is 9.69 Å². The first-order chi connectivity index (χ1) is 23.2. The van der Waals surface area contributed by atoms with Crippen LogP contribution in [0.4, 0.5) is 5.69 Å². The highest BCUT2D eigenvalue weighted by atomic mass is 16.4. The molecule has 0 unspecified atom stereocenters. The number of rotatable bonds is 6. The van der Waals surface area contributed by atoms with Gasteiger partial charge in [-0.05, 0) is 71.5 Å². The van der Waals surface area contributed by atoms with Gasteiger partial charge in [0.15, 0.2) is 5.78 Å². The van der Waals surface area contributed by atoms with Gasteiger partial charge in [0.25, 0.3) is 0 Å². The van der Waals surface area contributed by atoms with Crippen LogP contribution in [0.5, 0.6) is 0 Å². The number of allylic oxidation sites excluding steroid dienone is 2. The maximum atomic E-state index is 16.0. The standard InChI is InChI=1S/C42H31NO5/c1-25-13-17-27(18-14-25)33-34(28-19-15-26(2)16-20-28)42(31-11-7-4-8-12-31)36-35(41(33,40(42)48)30-9-5-3-6-10-30)37(44)43(38(36)45)32-23-21-29(22-24-32)39(46)47/h3-24,35-36H,1-2H3,(H,46,47)/t35-,36+,41-,42-/m1/s1. The Morgan fingerprint density at radius 3 is 1.33 bits per heavy atom. The van der Waals surface area contributed by atoms with E-state index < -0.39 is 40.4 Å². The van der Waals surface area contributed by atoms with E-state index in [-0.39, 0.29) is 17.0 Å². The van der Waals surface area contributed by atoms with Crippen LogP contribution in [0.2, 0.25) is 0 Å². The third kappa shape index (κ3) is 3.74. The first-order valence-corrected chi connectivity index (χ1v) is 16.0. The largest absolute Gasteiger partial charge is 0.478 e. The van der Waals surface area contributed by atoms with Gasteiger partial charge in [0.1, 0.15) is 0 Å². The number of benzene rings is 5. The van der Waals surface area contributed by atoms with Crippen molar-refractivity contribution in [1.82, 2.24) is 0 Å². The zero-order valence-corrected chi connectivity index (χ0v) is 26.4. The summed E-state index contributed by atoms with van der Waals surface area (Å²) in [6.07, 6.45) is 0. The number of Topliss-reactive ketones (excluding diaryl/α,β-unsaturated/α-hetero) is 1. The van der Waals surface area contributed by atoms with E-state index in [0.717, 1.165) is 33.4 Å². The lowest BCUT2D eigenvalue weighted by molar-refractivity contribution is -0.130. The Labute approximate surface area is 278 Å². The minimum Gasteiger partial charge on any atom is -0.478 e. The second kappa shape index (κ2) is 10.6. The summed E-state index contributed by atoms with van der Waals surface area (Å²) in [6.45, 7) is 4.01. The number of carbonyl (C=O) groups excluding carboxylic acids is 3. The average Bonchev–Trinajstić information content (AvgIpc) is 3.62. The Morgan fingerprint density at radius 1 is 0.562 bits per heavy atom. The van der Waals surface area contributed by atoms with Crippen molar-refractivity contribution in [2.45, 2.75) is 24.7 Å². The van der Waals surface area contributed by atoms with Crippen LogP contribution in [0.1, 0.15) is 43.7 Å². The fourth-order valence-corrected chi connectivity index (χ4v) is 8.57. The number of carbonyl (C=O) groups is 4. The number of imide groups is 1. The van der Waals surface area contributed by atoms with E-state index in [1.165, 1.54) is 29.2 Å². The van der Waals surface area contributed by atoms with Crippen molar-refractivity contribution in [2.24, 2.45) is 11.8 Å². The van der Waals surface area contributed by atoms with Crippen molar-refractivity contribution < 1.29 is 24.3 Å². The summed E-state index contributed by atoms with van der Waals surface area (Å²) in [5.41, 5.74) is 3.83. The lowest BCUT2D eigenvalue weighted by Gasteiger charge is -2.39. The molecule has 2 aliphatic carbocycles. The van der Waals surface area contributed by atoms with Gasteiger partial charge in [-0.15, -0.1) is 0 Å². The molecule has 5 aromatic rings. The van der Waals surface area contributed by atoms with Crippen molar-refractivity contribution in [3.63, 3.8) is 0 Å². The highest BCUT2D eigenvalue weighted by molar-refractivity contribution is 6.39. The summed E-state index contributed by atoms with van der Waals surface area (Å²) in [7, 11) is 0. The summed E-state index contributed by atoms with van der Waals surface area (Å²) in [5, 5.41) is 9.52. The molecule has 4 atom stereocenters. The van der Waals surface area contributed by atoms with Crippen molar-refractivity contribution in [3.05, 3.63) is 172 Å². The molecule has 0 aromatic heterocycles. The summed E-state index contributed by atoms with van der Waals surface area (Å²) in [6, 6.07) is 40.6. The van der Waals surface area contributed by atoms with Crippen molar-refractivity contribution in [1.29, 1.82) is 0 Å². The molecule has 1 heterocycles. The molecule has 0 radical (unpaired) electrons. The number of aryl methyl sites for hydroxylation is 2. The van der Waals surface area contributed by atoms with E-state index in [1.54, 1.807) is 0 Å². The number of carboxylic acids is 1. The number of nitrogens with zero attached hydrogens (tertiary/aromatic N) is 1. The quantitative estimate of drug-likeness (QED) is 0.201. The van der Waals surface area contributed by atoms with Crippen LogP contribution < -0.4 is 4.90 Å². The first-order valence-electron chi connectivity index (χ1n) is 16.0. The third-order valence-corrected chi connectivity index (χ3v) is 10.5. The summed E-state index contributed by atoms with van der Waals surface area (Å²) in [5.74, 6) is -4.35. The number of aromatic carboxylic acids is 1. The number of amides is 2. The zero-order chi connectivity index (χ0) is 33.4. The third-order valence-electron chi connectivity index (χ3n) is 10.5. The minimum absolute atomic E-state index is 0.0415. The molecular formula is C42H31NO5. The van der Waals surface area contributed by atoms with Gasteiger partial charge in [0, 0.05) is 0 Å². The lowest BCUT2D eigenvalue weighted by atomic mass is 9.59. The van der Waals surface area contributed by atoms with Gasteiger partial charge < -0.3 is 5.11 Å². The molecule has 2 bridgehead atoms. The fourth-order valence-electron chi connectivity index (χ4n) is 8.57. The molecule has 1 N–H and O–H groups in total. The van der Waals surface area contributed by atoms with Gasteiger partial charge in [-0.3, -0.25) is 14.4 Å². The molecule has 6 nitrogen and oxygen atoms in total. The topological polar surface area (TPSA) is 91.8 Å². The van der Waals surface area contributed by atoms with Gasteiger partial charge in [-0.1, -0.05) is 120 Å². The molecule has 2 fully saturated rings. The number of hydrogen-bond donors (Lipinski definition) is 1. The Balaban J connectivity index is 1.52. The average molecular weight is 630 g/mol. The number of carboxylic acid groups (broad SMARTS) is 1. The Kier molecular flexibility index (Phi) is 6.50.